The Morgan fingerprint density at radius 2 is 1.96 bits per heavy atom. The van der Waals surface area contributed by atoms with Crippen molar-refractivity contribution in [2.45, 2.75) is 13.0 Å². The van der Waals surface area contributed by atoms with Crippen molar-refractivity contribution in [1.82, 2.24) is 14.9 Å². The molecule has 0 aliphatic heterocycles. The second kappa shape index (κ2) is 8.14. The third-order valence-electron chi connectivity index (χ3n) is 3.99. The van der Waals surface area contributed by atoms with Crippen molar-refractivity contribution < 1.29 is 9.53 Å². The molecule has 1 heterocycles. The minimum atomic E-state index is -0.115. The molecule has 1 aromatic heterocycles. The number of aromatic nitrogens is 2. The van der Waals surface area contributed by atoms with Crippen LogP contribution in [0.25, 0.3) is 11.0 Å². The van der Waals surface area contributed by atoms with E-state index in [4.69, 9.17) is 16.3 Å². The summed E-state index contributed by atoms with van der Waals surface area (Å²) in [5, 5.41) is 3.54. The molecule has 0 fully saturated rings. The zero-order chi connectivity index (χ0) is 17.6. The lowest BCUT2D eigenvalue weighted by Gasteiger charge is -2.09. The third kappa shape index (κ3) is 4.18. The maximum atomic E-state index is 12.2. The monoisotopic (exact) mass is 357 g/mol. The molecule has 0 unspecified atom stereocenters. The number of nitrogens with one attached hydrogen (secondary N) is 1. The molecule has 0 spiro atoms. The highest BCUT2D eigenvalue weighted by Crippen LogP contribution is 2.16. The number of fused-ring (bicyclic) bond motifs is 1. The van der Waals surface area contributed by atoms with Gasteiger partial charge in [0.1, 0.15) is 5.82 Å². The third-order valence-corrected chi connectivity index (χ3v) is 4.25. The van der Waals surface area contributed by atoms with Crippen LogP contribution >= 0.6 is 11.6 Å². The van der Waals surface area contributed by atoms with Gasteiger partial charge in [-0.05, 0) is 36.4 Å². The number of methoxy groups -OCH3 is 1. The molecule has 0 atom stereocenters. The number of benzene rings is 2. The summed E-state index contributed by atoms with van der Waals surface area (Å²) < 4.78 is 7.35. The summed E-state index contributed by atoms with van der Waals surface area (Å²) in [6, 6.07) is 14.9. The van der Waals surface area contributed by atoms with Crippen LogP contribution in [0.3, 0.4) is 0 Å². The molecular weight excluding hydrogens is 338 g/mol. The number of ether oxygens (including phenoxy) is 1. The van der Waals surface area contributed by atoms with Crippen molar-refractivity contribution in [3.05, 3.63) is 64.9 Å². The van der Waals surface area contributed by atoms with Crippen LogP contribution in [0.1, 0.15) is 16.2 Å². The number of hydrogen-bond acceptors (Lipinski definition) is 3. The van der Waals surface area contributed by atoms with Crippen molar-refractivity contribution in [2.24, 2.45) is 0 Å². The van der Waals surface area contributed by atoms with Gasteiger partial charge in [0, 0.05) is 37.2 Å². The Bertz CT molecular complexity index is 859. The van der Waals surface area contributed by atoms with Crippen LogP contribution in [0.15, 0.2) is 48.5 Å². The van der Waals surface area contributed by atoms with Crippen LogP contribution in [-0.4, -0.2) is 35.7 Å². The minimum absolute atomic E-state index is 0.115. The fraction of sp³-hybridized carbons (Fsp3) is 0.263. The zero-order valence-corrected chi connectivity index (χ0v) is 14.8. The van der Waals surface area contributed by atoms with Gasteiger partial charge < -0.3 is 14.6 Å². The van der Waals surface area contributed by atoms with Crippen LogP contribution in [-0.2, 0) is 17.7 Å². The normalized spacial score (nSPS) is 11.0. The van der Waals surface area contributed by atoms with Crippen LogP contribution < -0.4 is 5.32 Å². The molecule has 0 saturated carbocycles. The fourth-order valence-corrected chi connectivity index (χ4v) is 2.87. The number of imidazole rings is 1. The zero-order valence-electron chi connectivity index (χ0n) is 14.0. The van der Waals surface area contributed by atoms with Gasteiger partial charge >= 0.3 is 0 Å². The first-order valence-corrected chi connectivity index (χ1v) is 8.53. The van der Waals surface area contributed by atoms with Gasteiger partial charge in [0.2, 0.25) is 0 Å². The number of carbonyl (C=O) groups excluding carboxylic acids is 1. The molecule has 0 aliphatic carbocycles. The summed E-state index contributed by atoms with van der Waals surface area (Å²) >= 11 is 5.85. The first-order chi connectivity index (χ1) is 12.2. The number of carbonyl (C=O) groups is 1. The van der Waals surface area contributed by atoms with Crippen molar-refractivity contribution >= 4 is 28.5 Å². The number of nitrogens with zero attached hydrogens (tertiary/aromatic N) is 2. The molecular formula is C19H20ClN3O2. The lowest BCUT2D eigenvalue weighted by Crippen LogP contribution is -2.26. The lowest BCUT2D eigenvalue weighted by atomic mass is 10.2. The van der Waals surface area contributed by atoms with Gasteiger partial charge in [-0.25, -0.2) is 4.98 Å². The van der Waals surface area contributed by atoms with Gasteiger partial charge in [0.25, 0.3) is 5.91 Å². The molecule has 0 radical (unpaired) electrons. The Hall–Kier alpha value is -2.37. The molecule has 3 rings (SSSR count). The highest BCUT2D eigenvalue weighted by Gasteiger charge is 2.11. The molecule has 130 valence electrons. The van der Waals surface area contributed by atoms with E-state index in [-0.39, 0.29) is 5.91 Å². The van der Waals surface area contributed by atoms with Crippen LogP contribution in [0.4, 0.5) is 0 Å². The van der Waals surface area contributed by atoms with E-state index in [0.717, 1.165) is 23.4 Å². The first kappa shape index (κ1) is 17.5. The highest BCUT2D eigenvalue weighted by molar-refractivity contribution is 6.30. The largest absolute Gasteiger partial charge is 0.383 e. The predicted octanol–water partition coefficient (Wildman–Crippen LogP) is 3.31. The van der Waals surface area contributed by atoms with E-state index >= 15 is 0 Å². The average Bonchev–Trinajstić information content (AvgIpc) is 2.98. The highest BCUT2D eigenvalue weighted by atomic mass is 35.5. The number of halogens is 1. The summed E-state index contributed by atoms with van der Waals surface area (Å²) in [6.45, 7) is 1.86. The Morgan fingerprint density at radius 3 is 2.72 bits per heavy atom. The van der Waals surface area contributed by atoms with E-state index < -0.39 is 0 Å². The summed E-state index contributed by atoms with van der Waals surface area (Å²) in [6.07, 6.45) is 0.651. The SMILES string of the molecule is COCCn1c(CCNC(=O)c2ccc(Cl)cc2)nc2ccccc21. The molecule has 1 N–H and O–H groups in total. The van der Waals surface area contributed by atoms with Gasteiger partial charge in [-0.1, -0.05) is 23.7 Å². The number of rotatable bonds is 7. The van der Waals surface area contributed by atoms with Crippen LogP contribution in [0.2, 0.25) is 5.02 Å². The van der Waals surface area contributed by atoms with E-state index in [2.05, 4.69) is 14.9 Å². The van der Waals surface area contributed by atoms with Crippen molar-refractivity contribution in [1.29, 1.82) is 0 Å². The molecule has 0 saturated heterocycles. The van der Waals surface area contributed by atoms with Crippen molar-refractivity contribution in [2.75, 3.05) is 20.3 Å². The minimum Gasteiger partial charge on any atom is -0.383 e. The van der Waals surface area contributed by atoms with E-state index in [1.807, 2.05) is 24.3 Å². The molecule has 1 amide bonds. The van der Waals surface area contributed by atoms with Gasteiger partial charge in [-0.2, -0.15) is 0 Å². The Labute approximate surface area is 151 Å². The Morgan fingerprint density at radius 1 is 1.20 bits per heavy atom. The second-order valence-electron chi connectivity index (χ2n) is 5.67. The number of hydrogen-bond donors (Lipinski definition) is 1. The standard InChI is InChI=1S/C19H20ClN3O2/c1-25-13-12-23-17-5-3-2-4-16(17)22-18(23)10-11-21-19(24)14-6-8-15(20)9-7-14/h2-9H,10-13H2,1H3,(H,21,24). The topological polar surface area (TPSA) is 56.1 Å². The van der Waals surface area contributed by atoms with E-state index in [1.54, 1.807) is 31.4 Å². The maximum absolute atomic E-state index is 12.2. The van der Waals surface area contributed by atoms with Crippen molar-refractivity contribution in [3.63, 3.8) is 0 Å². The summed E-state index contributed by atoms with van der Waals surface area (Å²) in [5.41, 5.74) is 2.63. The van der Waals surface area contributed by atoms with Gasteiger partial charge in [-0.15, -0.1) is 0 Å². The van der Waals surface area contributed by atoms with E-state index in [9.17, 15) is 4.79 Å². The number of amides is 1. The number of para-hydroxylation sites is 2. The first-order valence-electron chi connectivity index (χ1n) is 8.16. The van der Waals surface area contributed by atoms with Gasteiger partial charge in [0.05, 0.1) is 17.6 Å². The van der Waals surface area contributed by atoms with Gasteiger partial charge in [-0.3, -0.25) is 4.79 Å². The van der Waals surface area contributed by atoms with Gasteiger partial charge in [0.15, 0.2) is 0 Å². The summed E-state index contributed by atoms with van der Waals surface area (Å²) in [5.74, 6) is 0.825. The predicted molar refractivity (Wildman–Crippen MR) is 99.1 cm³/mol. The average molecular weight is 358 g/mol. The molecule has 25 heavy (non-hydrogen) atoms. The molecule has 0 aliphatic rings. The molecule has 6 heteroatoms. The molecule has 3 aromatic rings. The summed E-state index contributed by atoms with van der Waals surface area (Å²) in [7, 11) is 1.69. The second-order valence-corrected chi connectivity index (χ2v) is 6.11. The van der Waals surface area contributed by atoms with E-state index in [1.165, 1.54) is 0 Å². The molecule has 0 bridgehead atoms. The van der Waals surface area contributed by atoms with Crippen LogP contribution in [0.5, 0.6) is 0 Å². The lowest BCUT2D eigenvalue weighted by molar-refractivity contribution is 0.0954. The maximum Gasteiger partial charge on any atom is 0.251 e. The molecule has 2 aromatic carbocycles. The van der Waals surface area contributed by atoms with Crippen molar-refractivity contribution in [3.8, 4) is 0 Å². The quantitative estimate of drug-likeness (QED) is 0.705. The smallest absolute Gasteiger partial charge is 0.251 e. The Kier molecular flexibility index (Phi) is 5.68. The van der Waals surface area contributed by atoms with Crippen LogP contribution in [0, 0.1) is 0 Å². The Balaban J connectivity index is 1.68. The fourth-order valence-electron chi connectivity index (χ4n) is 2.74. The summed E-state index contributed by atoms with van der Waals surface area (Å²) in [4.78, 5) is 16.9. The molecule has 5 nitrogen and oxygen atoms in total. The van der Waals surface area contributed by atoms with E-state index in [0.29, 0.717) is 30.2 Å².